The number of nitrogens with two attached hydrogens (primary N) is 1. The highest BCUT2D eigenvalue weighted by atomic mass is 35.5. The minimum Gasteiger partial charge on any atom is -0.343 e. The van der Waals surface area contributed by atoms with E-state index >= 15 is 0 Å². The van der Waals surface area contributed by atoms with Gasteiger partial charge >= 0.3 is 0 Å². The molecular formula is C17H24Cl2N2O. The summed E-state index contributed by atoms with van der Waals surface area (Å²) >= 11 is 11.9. The molecule has 2 N–H and O–H groups in total. The topological polar surface area (TPSA) is 46.3 Å². The second kappa shape index (κ2) is 8.19. The molecule has 1 aliphatic rings. The van der Waals surface area contributed by atoms with Gasteiger partial charge in [-0.1, -0.05) is 29.3 Å². The lowest BCUT2D eigenvalue weighted by molar-refractivity contribution is -0.132. The van der Waals surface area contributed by atoms with Crippen LogP contribution in [-0.4, -0.2) is 29.9 Å². The summed E-state index contributed by atoms with van der Waals surface area (Å²) in [5.41, 5.74) is 7.06. The van der Waals surface area contributed by atoms with Crippen LogP contribution in [0.3, 0.4) is 0 Å². The molecule has 1 heterocycles. The van der Waals surface area contributed by atoms with Crippen molar-refractivity contribution in [1.82, 2.24) is 4.90 Å². The number of hydrogen-bond donors (Lipinski definition) is 1. The summed E-state index contributed by atoms with van der Waals surface area (Å²) < 4.78 is 0. The van der Waals surface area contributed by atoms with E-state index in [0.717, 1.165) is 44.3 Å². The van der Waals surface area contributed by atoms with E-state index in [1.807, 2.05) is 17.0 Å². The van der Waals surface area contributed by atoms with Crippen molar-refractivity contribution < 1.29 is 4.79 Å². The third kappa shape index (κ3) is 4.87. The number of carbonyl (C=O) groups is 1. The predicted molar refractivity (Wildman–Crippen MR) is 92.4 cm³/mol. The van der Waals surface area contributed by atoms with Gasteiger partial charge in [0.1, 0.15) is 0 Å². The molecule has 5 heteroatoms. The summed E-state index contributed by atoms with van der Waals surface area (Å²) in [6.07, 6.45) is 4.32. The van der Waals surface area contributed by atoms with Crippen LogP contribution in [0.15, 0.2) is 18.2 Å². The van der Waals surface area contributed by atoms with Crippen LogP contribution < -0.4 is 5.73 Å². The van der Waals surface area contributed by atoms with Crippen molar-refractivity contribution in [2.75, 3.05) is 13.1 Å². The molecule has 1 saturated heterocycles. The molecule has 22 heavy (non-hydrogen) atoms. The van der Waals surface area contributed by atoms with E-state index in [-0.39, 0.29) is 11.9 Å². The first-order chi connectivity index (χ1) is 10.5. The molecule has 122 valence electrons. The second-order valence-corrected chi connectivity index (χ2v) is 6.99. The summed E-state index contributed by atoms with van der Waals surface area (Å²) in [7, 11) is 0. The van der Waals surface area contributed by atoms with Gasteiger partial charge in [0.25, 0.3) is 0 Å². The molecule has 1 unspecified atom stereocenters. The van der Waals surface area contributed by atoms with Crippen molar-refractivity contribution in [3.8, 4) is 0 Å². The van der Waals surface area contributed by atoms with Crippen molar-refractivity contribution in [1.29, 1.82) is 0 Å². The van der Waals surface area contributed by atoms with Gasteiger partial charge in [-0.3, -0.25) is 4.79 Å². The number of likely N-dealkylation sites (tertiary alicyclic amines) is 1. The van der Waals surface area contributed by atoms with Gasteiger partial charge < -0.3 is 10.6 Å². The zero-order valence-corrected chi connectivity index (χ0v) is 14.5. The molecule has 0 aliphatic carbocycles. The van der Waals surface area contributed by atoms with Crippen LogP contribution in [0.1, 0.15) is 38.2 Å². The molecule has 0 radical (unpaired) electrons. The number of carbonyl (C=O) groups excluding carboxylic acids is 1. The maximum absolute atomic E-state index is 12.2. The number of benzene rings is 1. The molecule has 1 aliphatic heterocycles. The Morgan fingerprint density at radius 2 is 2.00 bits per heavy atom. The Morgan fingerprint density at radius 3 is 2.59 bits per heavy atom. The fraction of sp³-hybridized carbons (Fsp3) is 0.588. The fourth-order valence-corrected chi connectivity index (χ4v) is 3.29. The van der Waals surface area contributed by atoms with E-state index in [0.29, 0.717) is 22.4 Å². The monoisotopic (exact) mass is 342 g/mol. The highest BCUT2D eigenvalue weighted by molar-refractivity contribution is 6.42. The maximum Gasteiger partial charge on any atom is 0.222 e. The van der Waals surface area contributed by atoms with Crippen LogP contribution in [0.4, 0.5) is 0 Å². The van der Waals surface area contributed by atoms with Crippen LogP contribution >= 0.6 is 23.2 Å². The lowest BCUT2D eigenvalue weighted by Crippen LogP contribution is -2.42. The molecule has 1 atom stereocenters. The second-order valence-electron chi connectivity index (χ2n) is 6.18. The smallest absolute Gasteiger partial charge is 0.222 e. The van der Waals surface area contributed by atoms with E-state index in [4.69, 9.17) is 28.9 Å². The first-order valence-corrected chi connectivity index (χ1v) is 8.70. The summed E-state index contributed by atoms with van der Waals surface area (Å²) in [5.74, 6) is 0.809. The molecule has 0 saturated carbocycles. The number of aryl methyl sites for hydroxylation is 1. The number of halogens is 2. The zero-order chi connectivity index (χ0) is 16.1. The molecule has 0 bridgehead atoms. The predicted octanol–water partition coefficient (Wildman–Crippen LogP) is 3.90. The number of amides is 1. The summed E-state index contributed by atoms with van der Waals surface area (Å²) in [4.78, 5) is 14.2. The number of rotatable bonds is 5. The molecule has 0 aromatic heterocycles. The van der Waals surface area contributed by atoms with E-state index in [1.165, 1.54) is 0 Å². The Hall–Kier alpha value is -0.770. The van der Waals surface area contributed by atoms with Gasteiger partial charge in [-0.25, -0.2) is 0 Å². The van der Waals surface area contributed by atoms with Crippen molar-refractivity contribution in [2.24, 2.45) is 11.7 Å². The van der Waals surface area contributed by atoms with Crippen LogP contribution in [0.2, 0.25) is 10.0 Å². The minimum absolute atomic E-state index is 0.229. The van der Waals surface area contributed by atoms with Gasteiger partial charge in [0.05, 0.1) is 10.0 Å². The average Bonchev–Trinajstić information content (AvgIpc) is 2.51. The van der Waals surface area contributed by atoms with Gasteiger partial charge in [-0.15, -0.1) is 0 Å². The van der Waals surface area contributed by atoms with Gasteiger partial charge in [0.2, 0.25) is 5.91 Å². The zero-order valence-electron chi connectivity index (χ0n) is 13.0. The third-order valence-corrected chi connectivity index (χ3v) is 5.22. The van der Waals surface area contributed by atoms with E-state index in [9.17, 15) is 4.79 Å². The van der Waals surface area contributed by atoms with Crippen molar-refractivity contribution in [2.45, 2.75) is 45.1 Å². The molecular weight excluding hydrogens is 319 g/mol. The molecule has 1 amide bonds. The molecule has 1 aromatic carbocycles. The van der Waals surface area contributed by atoms with Gasteiger partial charge in [0.15, 0.2) is 0 Å². The Kier molecular flexibility index (Phi) is 6.54. The Bertz CT molecular complexity index is 511. The summed E-state index contributed by atoms with van der Waals surface area (Å²) in [6, 6.07) is 5.88. The number of hydrogen-bond acceptors (Lipinski definition) is 2. The Morgan fingerprint density at radius 1 is 1.32 bits per heavy atom. The Balaban J connectivity index is 1.73. The van der Waals surface area contributed by atoms with Gasteiger partial charge in [-0.2, -0.15) is 0 Å². The van der Waals surface area contributed by atoms with Crippen molar-refractivity contribution in [3.05, 3.63) is 33.8 Å². The highest BCUT2D eigenvalue weighted by Gasteiger charge is 2.24. The van der Waals surface area contributed by atoms with Gasteiger partial charge in [-0.05, 0) is 56.2 Å². The van der Waals surface area contributed by atoms with Crippen LogP contribution in [0, 0.1) is 5.92 Å². The lowest BCUT2D eigenvalue weighted by atomic mass is 9.91. The van der Waals surface area contributed by atoms with Crippen LogP contribution in [-0.2, 0) is 11.2 Å². The maximum atomic E-state index is 12.2. The molecule has 2 rings (SSSR count). The van der Waals surface area contributed by atoms with Crippen molar-refractivity contribution in [3.63, 3.8) is 0 Å². The largest absolute Gasteiger partial charge is 0.343 e. The highest BCUT2D eigenvalue weighted by Crippen LogP contribution is 2.24. The molecule has 0 spiro atoms. The number of piperidine rings is 1. The molecule has 3 nitrogen and oxygen atoms in total. The first-order valence-electron chi connectivity index (χ1n) is 7.94. The van der Waals surface area contributed by atoms with Crippen LogP contribution in [0.5, 0.6) is 0 Å². The average molecular weight is 343 g/mol. The minimum atomic E-state index is 0.229. The third-order valence-electron chi connectivity index (χ3n) is 4.48. The quantitative estimate of drug-likeness (QED) is 0.881. The van der Waals surface area contributed by atoms with E-state index < -0.39 is 0 Å². The molecule has 1 fully saturated rings. The molecule has 1 aromatic rings. The Labute approximate surface area is 142 Å². The lowest BCUT2D eigenvalue weighted by Gasteiger charge is -2.33. The van der Waals surface area contributed by atoms with E-state index in [2.05, 4.69) is 6.92 Å². The van der Waals surface area contributed by atoms with E-state index in [1.54, 1.807) is 6.07 Å². The van der Waals surface area contributed by atoms with Crippen molar-refractivity contribution >= 4 is 29.1 Å². The summed E-state index contributed by atoms with van der Waals surface area (Å²) in [5, 5.41) is 1.14. The van der Waals surface area contributed by atoms with Crippen LogP contribution in [0.25, 0.3) is 0 Å². The first kappa shape index (κ1) is 17.6. The fourth-order valence-electron chi connectivity index (χ4n) is 2.97. The van der Waals surface area contributed by atoms with Gasteiger partial charge in [0, 0.05) is 25.6 Å². The summed E-state index contributed by atoms with van der Waals surface area (Å²) in [6.45, 7) is 3.75. The SMILES string of the molecule is CC(N)C1CCN(C(=O)CCCc2ccc(Cl)c(Cl)c2)CC1. The normalized spacial score (nSPS) is 17.5. The standard InChI is InChI=1S/C17H24Cl2N2O/c1-12(20)14-7-9-21(10-8-14)17(22)4-2-3-13-5-6-15(18)16(19)11-13/h5-6,11-12,14H,2-4,7-10,20H2,1H3. The number of nitrogens with zero attached hydrogens (tertiary/aromatic N) is 1.